The van der Waals surface area contributed by atoms with Crippen LogP contribution in [0.5, 0.6) is 5.75 Å². The summed E-state index contributed by atoms with van der Waals surface area (Å²) in [4.78, 5) is 0. The van der Waals surface area contributed by atoms with E-state index in [1.807, 2.05) is 0 Å². The SMILES string of the molecule is Cc1ccc(OC(F)F)c(NS(=O)(=O)c2ccc(Cl)s2)c1. The zero-order valence-electron chi connectivity index (χ0n) is 10.6. The quantitative estimate of drug-likeness (QED) is 0.880. The minimum Gasteiger partial charge on any atom is -0.433 e. The molecule has 2 aromatic rings. The molecule has 0 saturated carbocycles. The molecule has 1 aromatic carbocycles. The number of hydrogen-bond donors (Lipinski definition) is 1. The molecule has 0 saturated heterocycles. The van der Waals surface area contributed by atoms with E-state index in [0.29, 0.717) is 9.90 Å². The van der Waals surface area contributed by atoms with Gasteiger partial charge in [-0.15, -0.1) is 11.3 Å². The Kier molecular flexibility index (Phi) is 4.70. The van der Waals surface area contributed by atoms with E-state index >= 15 is 0 Å². The van der Waals surface area contributed by atoms with Gasteiger partial charge in [0.15, 0.2) is 0 Å². The number of nitrogens with one attached hydrogen (secondary N) is 1. The summed E-state index contributed by atoms with van der Waals surface area (Å²) < 4.78 is 55.8. The summed E-state index contributed by atoms with van der Waals surface area (Å²) in [5.41, 5.74) is 0.637. The highest BCUT2D eigenvalue weighted by Gasteiger charge is 2.20. The molecule has 0 radical (unpaired) electrons. The van der Waals surface area contributed by atoms with E-state index in [9.17, 15) is 17.2 Å². The highest BCUT2D eigenvalue weighted by atomic mass is 35.5. The molecule has 2 rings (SSSR count). The number of hydrogen-bond acceptors (Lipinski definition) is 4. The Bertz CT molecular complexity index is 747. The van der Waals surface area contributed by atoms with Gasteiger partial charge in [0.2, 0.25) is 0 Å². The van der Waals surface area contributed by atoms with Gasteiger partial charge in [-0.05, 0) is 36.8 Å². The maximum Gasteiger partial charge on any atom is 0.387 e. The number of ether oxygens (including phenoxy) is 1. The van der Waals surface area contributed by atoms with E-state index < -0.39 is 16.6 Å². The van der Waals surface area contributed by atoms with E-state index in [-0.39, 0.29) is 15.6 Å². The Labute approximate surface area is 129 Å². The van der Waals surface area contributed by atoms with E-state index in [1.165, 1.54) is 30.3 Å². The molecule has 0 amide bonds. The molecule has 21 heavy (non-hydrogen) atoms. The highest BCUT2D eigenvalue weighted by Crippen LogP contribution is 2.32. The fraction of sp³-hybridized carbons (Fsp3) is 0.167. The van der Waals surface area contributed by atoms with Gasteiger partial charge in [-0.3, -0.25) is 4.72 Å². The summed E-state index contributed by atoms with van der Waals surface area (Å²) in [5.74, 6) is -0.248. The van der Waals surface area contributed by atoms with E-state index in [4.69, 9.17) is 11.6 Å². The van der Waals surface area contributed by atoms with Gasteiger partial charge in [-0.2, -0.15) is 8.78 Å². The van der Waals surface area contributed by atoms with Gasteiger partial charge in [-0.1, -0.05) is 17.7 Å². The molecule has 0 atom stereocenters. The van der Waals surface area contributed by atoms with Crippen molar-refractivity contribution in [3.05, 3.63) is 40.2 Å². The molecule has 0 spiro atoms. The second kappa shape index (κ2) is 6.17. The van der Waals surface area contributed by atoms with Gasteiger partial charge >= 0.3 is 6.61 Å². The molecule has 0 aliphatic heterocycles. The van der Waals surface area contributed by atoms with Crippen LogP contribution in [-0.4, -0.2) is 15.0 Å². The first-order valence-corrected chi connectivity index (χ1v) is 8.29. The van der Waals surface area contributed by atoms with Gasteiger partial charge in [0, 0.05) is 0 Å². The van der Waals surface area contributed by atoms with Gasteiger partial charge in [0.05, 0.1) is 10.0 Å². The minimum atomic E-state index is -3.91. The summed E-state index contributed by atoms with van der Waals surface area (Å²) in [5, 5.41) is 0. The van der Waals surface area contributed by atoms with Crippen LogP contribution in [0.1, 0.15) is 5.56 Å². The highest BCUT2D eigenvalue weighted by molar-refractivity contribution is 7.94. The van der Waals surface area contributed by atoms with Crippen LogP contribution in [0.3, 0.4) is 0 Å². The van der Waals surface area contributed by atoms with Crippen molar-refractivity contribution in [1.29, 1.82) is 0 Å². The lowest BCUT2D eigenvalue weighted by molar-refractivity contribution is -0.0493. The predicted molar refractivity (Wildman–Crippen MR) is 77.9 cm³/mol. The fourth-order valence-electron chi connectivity index (χ4n) is 1.56. The number of anilines is 1. The Morgan fingerprint density at radius 1 is 1.29 bits per heavy atom. The van der Waals surface area contributed by atoms with Crippen LogP contribution in [0.25, 0.3) is 0 Å². The summed E-state index contributed by atoms with van der Waals surface area (Å²) in [6.07, 6.45) is 0. The van der Waals surface area contributed by atoms with Crippen molar-refractivity contribution in [2.45, 2.75) is 17.7 Å². The average Bonchev–Trinajstić information content (AvgIpc) is 2.79. The van der Waals surface area contributed by atoms with Crippen molar-refractivity contribution in [1.82, 2.24) is 0 Å². The normalized spacial score (nSPS) is 11.7. The standard InChI is InChI=1S/C12H10ClF2NO3S2/c1-7-2-3-9(19-12(14)15)8(6-7)16-21(17,18)11-5-4-10(13)20-11/h2-6,12,16H,1H3. The molecular formula is C12H10ClF2NO3S2. The van der Waals surface area contributed by atoms with Gasteiger partial charge in [0.1, 0.15) is 9.96 Å². The molecule has 1 aromatic heterocycles. The third-order valence-electron chi connectivity index (χ3n) is 2.41. The van der Waals surface area contributed by atoms with Crippen LogP contribution < -0.4 is 9.46 Å². The zero-order chi connectivity index (χ0) is 15.6. The number of thiophene rings is 1. The first-order chi connectivity index (χ1) is 9.78. The number of sulfonamides is 1. The van der Waals surface area contributed by atoms with Gasteiger partial charge < -0.3 is 4.74 Å². The Balaban J connectivity index is 2.36. The largest absolute Gasteiger partial charge is 0.433 e. The molecule has 1 N–H and O–H groups in total. The van der Waals surface area contributed by atoms with Crippen LogP contribution in [0.15, 0.2) is 34.5 Å². The lowest BCUT2D eigenvalue weighted by Gasteiger charge is -2.13. The molecule has 0 bridgehead atoms. The summed E-state index contributed by atoms with van der Waals surface area (Å²) in [6, 6.07) is 7.00. The van der Waals surface area contributed by atoms with Crippen LogP contribution in [-0.2, 0) is 10.0 Å². The smallest absolute Gasteiger partial charge is 0.387 e. The van der Waals surface area contributed by atoms with Crippen molar-refractivity contribution < 1.29 is 21.9 Å². The Hall–Kier alpha value is -1.38. The zero-order valence-corrected chi connectivity index (χ0v) is 13.0. The molecular weight excluding hydrogens is 344 g/mol. The van der Waals surface area contributed by atoms with Crippen LogP contribution in [0.4, 0.5) is 14.5 Å². The van der Waals surface area contributed by atoms with Crippen LogP contribution in [0.2, 0.25) is 4.34 Å². The maximum absolute atomic E-state index is 12.3. The number of alkyl halides is 2. The predicted octanol–water partition coefficient (Wildman–Crippen LogP) is 4.11. The Morgan fingerprint density at radius 2 is 2.00 bits per heavy atom. The van der Waals surface area contributed by atoms with Crippen molar-refractivity contribution in [2.75, 3.05) is 4.72 Å². The molecule has 9 heteroatoms. The summed E-state index contributed by atoms with van der Waals surface area (Å²) in [7, 11) is -3.91. The number of halogens is 3. The lowest BCUT2D eigenvalue weighted by Crippen LogP contribution is -2.13. The van der Waals surface area contributed by atoms with E-state index in [1.54, 1.807) is 6.92 Å². The second-order valence-corrected chi connectivity index (χ2v) is 7.67. The summed E-state index contributed by atoms with van der Waals surface area (Å²) in [6.45, 7) is -1.35. The maximum atomic E-state index is 12.3. The lowest BCUT2D eigenvalue weighted by atomic mass is 10.2. The van der Waals surface area contributed by atoms with Crippen molar-refractivity contribution in [3.8, 4) is 5.75 Å². The fourth-order valence-corrected chi connectivity index (χ4v) is 4.10. The monoisotopic (exact) mass is 353 g/mol. The second-order valence-electron chi connectivity index (χ2n) is 4.04. The van der Waals surface area contributed by atoms with E-state index in [0.717, 1.165) is 11.3 Å². The molecule has 0 unspecified atom stereocenters. The number of aryl methyl sites for hydroxylation is 1. The van der Waals surface area contributed by atoms with Gasteiger partial charge in [0.25, 0.3) is 10.0 Å². The third-order valence-corrected chi connectivity index (χ3v) is 5.50. The van der Waals surface area contributed by atoms with Crippen LogP contribution >= 0.6 is 22.9 Å². The number of benzene rings is 1. The molecule has 4 nitrogen and oxygen atoms in total. The molecule has 114 valence electrons. The molecule has 1 heterocycles. The topological polar surface area (TPSA) is 55.4 Å². The first-order valence-electron chi connectivity index (χ1n) is 5.61. The molecule has 0 aliphatic carbocycles. The van der Waals surface area contributed by atoms with Gasteiger partial charge in [-0.25, -0.2) is 8.42 Å². The van der Waals surface area contributed by atoms with Crippen molar-refractivity contribution in [3.63, 3.8) is 0 Å². The summed E-state index contributed by atoms with van der Waals surface area (Å²) >= 11 is 6.56. The Morgan fingerprint density at radius 3 is 2.57 bits per heavy atom. The van der Waals surface area contributed by atoms with Crippen molar-refractivity contribution >= 4 is 38.6 Å². The van der Waals surface area contributed by atoms with Crippen LogP contribution in [0, 0.1) is 6.92 Å². The first kappa shape index (κ1) is 16.0. The third kappa shape index (κ3) is 4.05. The minimum absolute atomic E-state index is 0.0167. The molecule has 0 fully saturated rings. The average molecular weight is 354 g/mol. The number of rotatable bonds is 5. The molecule has 0 aliphatic rings. The van der Waals surface area contributed by atoms with E-state index in [2.05, 4.69) is 9.46 Å². The van der Waals surface area contributed by atoms with Crippen molar-refractivity contribution in [2.24, 2.45) is 0 Å².